The van der Waals surface area contributed by atoms with Gasteiger partial charge in [-0.2, -0.15) is 0 Å². The topological polar surface area (TPSA) is 60.9 Å². The summed E-state index contributed by atoms with van der Waals surface area (Å²) in [5.74, 6) is 1.94. The molecule has 0 unspecified atom stereocenters. The lowest BCUT2D eigenvalue weighted by Gasteiger charge is -2.41. The predicted octanol–water partition coefficient (Wildman–Crippen LogP) is 1.51. The van der Waals surface area contributed by atoms with Gasteiger partial charge in [0.05, 0.1) is 19.3 Å². The zero-order chi connectivity index (χ0) is 15.6. The minimum absolute atomic E-state index is 0.0000508. The number of para-hydroxylation sites is 2. The van der Waals surface area contributed by atoms with Gasteiger partial charge in [-0.3, -0.25) is 9.78 Å². The van der Waals surface area contributed by atoms with Crippen LogP contribution in [0.15, 0.2) is 48.8 Å². The van der Waals surface area contributed by atoms with E-state index in [2.05, 4.69) is 4.98 Å². The highest BCUT2D eigenvalue weighted by atomic mass is 16.6. The Labute approximate surface area is 133 Å². The van der Waals surface area contributed by atoms with E-state index in [1.165, 1.54) is 0 Å². The molecule has 1 amide bonds. The minimum atomic E-state index is -0.593. The molecule has 118 valence electrons. The molecule has 0 radical (unpaired) electrons. The summed E-state index contributed by atoms with van der Waals surface area (Å²) in [6.45, 7) is 1.34. The van der Waals surface area contributed by atoms with Crippen molar-refractivity contribution in [3.05, 3.63) is 48.8 Å². The summed E-state index contributed by atoms with van der Waals surface area (Å²) in [7, 11) is 0. The van der Waals surface area contributed by atoms with E-state index in [1.807, 2.05) is 30.3 Å². The molecule has 6 nitrogen and oxygen atoms in total. The molecule has 0 spiro atoms. The Balaban J connectivity index is 1.32. The molecule has 2 aliphatic rings. The van der Waals surface area contributed by atoms with Crippen LogP contribution in [0.25, 0.3) is 0 Å². The van der Waals surface area contributed by atoms with Crippen LogP contribution in [0.3, 0.4) is 0 Å². The van der Waals surface area contributed by atoms with Crippen LogP contribution in [-0.4, -0.2) is 47.7 Å². The van der Waals surface area contributed by atoms with Crippen molar-refractivity contribution in [2.75, 3.05) is 19.7 Å². The van der Waals surface area contributed by atoms with Gasteiger partial charge < -0.3 is 19.1 Å². The van der Waals surface area contributed by atoms with Crippen molar-refractivity contribution in [2.24, 2.45) is 0 Å². The van der Waals surface area contributed by atoms with Gasteiger partial charge in [0, 0.05) is 6.20 Å². The predicted molar refractivity (Wildman–Crippen MR) is 81.6 cm³/mol. The molecule has 1 aromatic carbocycles. The molecule has 2 aliphatic heterocycles. The van der Waals surface area contributed by atoms with Gasteiger partial charge in [0.15, 0.2) is 11.5 Å². The molecule has 4 rings (SSSR count). The van der Waals surface area contributed by atoms with Gasteiger partial charge in [0.2, 0.25) is 6.10 Å². The van der Waals surface area contributed by atoms with Crippen LogP contribution < -0.4 is 14.2 Å². The van der Waals surface area contributed by atoms with Gasteiger partial charge in [-0.1, -0.05) is 12.1 Å². The lowest BCUT2D eigenvalue weighted by molar-refractivity contribution is -0.150. The zero-order valence-corrected chi connectivity index (χ0v) is 12.4. The van der Waals surface area contributed by atoms with Crippen molar-refractivity contribution >= 4 is 5.91 Å². The number of amides is 1. The third kappa shape index (κ3) is 2.79. The molecule has 2 aromatic rings. The smallest absolute Gasteiger partial charge is 0.267 e. The molecule has 1 saturated heterocycles. The number of carbonyl (C=O) groups excluding carboxylic acids is 1. The van der Waals surface area contributed by atoms with Crippen LogP contribution in [0.5, 0.6) is 17.2 Å². The number of benzene rings is 1. The summed E-state index contributed by atoms with van der Waals surface area (Å²) < 4.78 is 17.1. The van der Waals surface area contributed by atoms with Crippen LogP contribution in [0.4, 0.5) is 0 Å². The summed E-state index contributed by atoms with van der Waals surface area (Å²) in [6, 6.07) is 11.0. The van der Waals surface area contributed by atoms with E-state index in [0.717, 1.165) is 5.75 Å². The number of fused-ring (bicyclic) bond motifs is 1. The first-order valence-electron chi connectivity index (χ1n) is 7.53. The van der Waals surface area contributed by atoms with Gasteiger partial charge in [-0.25, -0.2) is 0 Å². The van der Waals surface area contributed by atoms with E-state index in [4.69, 9.17) is 14.2 Å². The monoisotopic (exact) mass is 312 g/mol. The fourth-order valence-electron chi connectivity index (χ4n) is 2.65. The molecular weight excluding hydrogens is 296 g/mol. The average Bonchev–Trinajstić information content (AvgIpc) is 2.57. The molecule has 0 saturated carbocycles. The number of hydrogen-bond donors (Lipinski definition) is 0. The summed E-state index contributed by atoms with van der Waals surface area (Å²) >= 11 is 0. The number of ether oxygens (including phenoxy) is 3. The Morgan fingerprint density at radius 3 is 2.78 bits per heavy atom. The summed E-state index contributed by atoms with van der Waals surface area (Å²) in [5.41, 5.74) is 0. The van der Waals surface area contributed by atoms with E-state index in [1.54, 1.807) is 23.4 Å². The van der Waals surface area contributed by atoms with Gasteiger partial charge in [0.1, 0.15) is 18.5 Å². The zero-order valence-electron chi connectivity index (χ0n) is 12.4. The molecule has 23 heavy (non-hydrogen) atoms. The van der Waals surface area contributed by atoms with Crippen LogP contribution in [0, 0.1) is 0 Å². The van der Waals surface area contributed by atoms with E-state index < -0.39 is 6.10 Å². The van der Waals surface area contributed by atoms with Crippen molar-refractivity contribution in [1.29, 1.82) is 0 Å². The van der Waals surface area contributed by atoms with Crippen LogP contribution in [0.2, 0.25) is 0 Å². The van der Waals surface area contributed by atoms with E-state index >= 15 is 0 Å². The standard InChI is InChI=1S/C17H16N2O4/c20-17(16-11-21-14-5-1-2-6-15(14)23-16)19-9-13(10-19)22-12-4-3-7-18-8-12/h1-8,13,16H,9-11H2/t16-/m1/s1. The maximum Gasteiger partial charge on any atom is 0.267 e. The first-order chi connectivity index (χ1) is 11.3. The minimum Gasteiger partial charge on any atom is -0.485 e. The highest BCUT2D eigenvalue weighted by molar-refractivity contribution is 5.82. The maximum atomic E-state index is 12.4. The maximum absolute atomic E-state index is 12.4. The number of aromatic nitrogens is 1. The van der Waals surface area contributed by atoms with Crippen molar-refractivity contribution in [3.8, 4) is 17.2 Å². The fourth-order valence-corrected chi connectivity index (χ4v) is 2.65. The number of carbonyl (C=O) groups is 1. The Hall–Kier alpha value is -2.76. The van der Waals surface area contributed by atoms with Crippen molar-refractivity contribution < 1.29 is 19.0 Å². The third-order valence-electron chi connectivity index (χ3n) is 3.88. The van der Waals surface area contributed by atoms with Crippen molar-refractivity contribution in [1.82, 2.24) is 9.88 Å². The van der Waals surface area contributed by atoms with Crippen LogP contribution >= 0.6 is 0 Å². The van der Waals surface area contributed by atoms with Crippen molar-refractivity contribution in [3.63, 3.8) is 0 Å². The summed E-state index contributed by atoms with van der Waals surface area (Å²) in [4.78, 5) is 18.2. The second-order valence-corrected chi connectivity index (χ2v) is 5.54. The second-order valence-electron chi connectivity index (χ2n) is 5.54. The largest absolute Gasteiger partial charge is 0.485 e. The molecular formula is C17H16N2O4. The SMILES string of the molecule is O=C([C@H]1COc2ccccc2O1)N1CC(Oc2cccnc2)C1. The number of nitrogens with zero attached hydrogens (tertiary/aromatic N) is 2. The Morgan fingerprint density at radius 1 is 1.17 bits per heavy atom. The number of likely N-dealkylation sites (tertiary alicyclic amines) is 1. The quantitative estimate of drug-likeness (QED) is 0.860. The summed E-state index contributed by atoms with van der Waals surface area (Å²) in [6.07, 6.45) is 2.77. The Bertz CT molecular complexity index is 701. The van der Waals surface area contributed by atoms with Gasteiger partial charge in [-0.05, 0) is 24.3 Å². The summed E-state index contributed by atoms with van der Waals surface area (Å²) in [5, 5.41) is 0. The van der Waals surface area contributed by atoms with Crippen molar-refractivity contribution in [2.45, 2.75) is 12.2 Å². The average molecular weight is 312 g/mol. The molecule has 0 bridgehead atoms. The lowest BCUT2D eigenvalue weighted by atomic mass is 10.1. The van der Waals surface area contributed by atoms with E-state index in [-0.39, 0.29) is 18.6 Å². The molecule has 0 N–H and O–H groups in total. The molecule has 0 aliphatic carbocycles. The van der Waals surface area contributed by atoms with Crippen LogP contribution in [-0.2, 0) is 4.79 Å². The van der Waals surface area contributed by atoms with E-state index in [0.29, 0.717) is 24.6 Å². The Morgan fingerprint density at radius 2 is 2.00 bits per heavy atom. The van der Waals surface area contributed by atoms with E-state index in [9.17, 15) is 4.79 Å². The Kier molecular flexibility index (Phi) is 3.49. The second kappa shape index (κ2) is 5.79. The normalized spacial score (nSPS) is 19.8. The van der Waals surface area contributed by atoms with Gasteiger partial charge in [-0.15, -0.1) is 0 Å². The highest BCUT2D eigenvalue weighted by Crippen LogP contribution is 2.31. The first-order valence-corrected chi connectivity index (χ1v) is 7.53. The molecule has 3 heterocycles. The molecule has 1 fully saturated rings. The first kappa shape index (κ1) is 13.9. The molecule has 1 aromatic heterocycles. The van der Waals surface area contributed by atoms with Crippen LogP contribution in [0.1, 0.15) is 0 Å². The fraction of sp³-hybridized carbons (Fsp3) is 0.294. The molecule has 6 heteroatoms. The number of pyridine rings is 1. The number of rotatable bonds is 3. The van der Waals surface area contributed by atoms with Gasteiger partial charge >= 0.3 is 0 Å². The lowest BCUT2D eigenvalue weighted by Crippen LogP contribution is -2.60. The molecule has 1 atom stereocenters. The third-order valence-corrected chi connectivity index (χ3v) is 3.88. The highest BCUT2D eigenvalue weighted by Gasteiger charge is 2.38. The van der Waals surface area contributed by atoms with Gasteiger partial charge in [0.25, 0.3) is 5.91 Å². The number of hydrogen-bond acceptors (Lipinski definition) is 5.